The highest BCUT2D eigenvalue weighted by molar-refractivity contribution is 7.98. The molecule has 1 amide bonds. The second-order valence-corrected chi connectivity index (χ2v) is 7.34. The Morgan fingerprint density at radius 1 is 1.33 bits per heavy atom. The summed E-state index contributed by atoms with van der Waals surface area (Å²) in [5.41, 5.74) is 1.14. The van der Waals surface area contributed by atoms with Gasteiger partial charge in [-0.25, -0.2) is 0 Å². The standard InChI is InChI=1S/C17H24ClNOS/c1-13-6-2-5-9-16(13)19-17(20)10-11-21-12-14-7-3-4-8-15(14)18/h3-4,7-8,13,16H,2,5-6,9-12H2,1H3,(H,19,20)/t13-,16-/m0/s1. The number of thioether (sulfide) groups is 1. The highest BCUT2D eigenvalue weighted by Crippen LogP contribution is 2.24. The molecule has 0 unspecified atom stereocenters. The predicted octanol–water partition coefficient (Wildman–Crippen LogP) is 4.66. The minimum atomic E-state index is 0.195. The summed E-state index contributed by atoms with van der Waals surface area (Å²) in [6, 6.07) is 8.28. The second-order valence-electron chi connectivity index (χ2n) is 5.83. The van der Waals surface area contributed by atoms with Crippen molar-refractivity contribution in [1.82, 2.24) is 5.32 Å². The van der Waals surface area contributed by atoms with E-state index in [1.165, 1.54) is 19.3 Å². The molecular weight excluding hydrogens is 302 g/mol. The zero-order valence-electron chi connectivity index (χ0n) is 12.6. The molecule has 1 aromatic carbocycles. The predicted molar refractivity (Wildman–Crippen MR) is 91.8 cm³/mol. The van der Waals surface area contributed by atoms with Gasteiger partial charge in [-0.15, -0.1) is 0 Å². The van der Waals surface area contributed by atoms with E-state index in [-0.39, 0.29) is 5.91 Å². The van der Waals surface area contributed by atoms with Gasteiger partial charge in [-0.1, -0.05) is 49.6 Å². The van der Waals surface area contributed by atoms with Gasteiger partial charge in [-0.2, -0.15) is 11.8 Å². The van der Waals surface area contributed by atoms with Crippen LogP contribution >= 0.6 is 23.4 Å². The Labute approximate surface area is 137 Å². The Kier molecular flexibility index (Phi) is 6.91. The van der Waals surface area contributed by atoms with Gasteiger partial charge in [0, 0.05) is 29.0 Å². The molecule has 1 aromatic rings. The van der Waals surface area contributed by atoms with Crippen molar-refractivity contribution in [2.24, 2.45) is 5.92 Å². The summed E-state index contributed by atoms with van der Waals surface area (Å²) in [7, 11) is 0. The second kappa shape index (κ2) is 8.70. The summed E-state index contributed by atoms with van der Waals surface area (Å²) in [5.74, 6) is 2.53. The molecule has 1 fully saturated rings. The van der Waals surface area contributed by atoms with Crippen LogP contribution in [0.5, 0.6) is 0 Å². The molecule has 0 bridgehead atoms. The van der Waals surface area contributed by atoms with Crippen LogP contribution in [0.3, 0.4) is 0 Å². The van der Waals surface area contributed by atoms with Crippen molar-refractivity contribution in [2.75, 3.05) is 5.75 Å². The van der Waals surface area contributed by atoms with Crippen molar-refractivity contribution in [3.8, 4) is 0 Å². The Balaban J connectivity index is 1.64. The van der Waals surface area contributed by atoms with E-state index in [2.05, 4.69) is 12.2 Å². The minimum Gasteiger partial charge on any atom is -0.353 e. The first-order valence-electron chi connectivity index (χ1n) is 7.77. The third-order valence-electron chi connectivity index (χ3n) is 4.15. The van der Waals surface area contributed by atoms with E-state index in [0.717, 1.165) is 28.5 Å². The van der Waals surface area contributed by atoms with Gasteiger partial charge in [0.25, 0.3) is 0 Å². The number of hydrogen-bond acceptors (Lipinski definition) is 2. The van der Waals surface area contributed by atoms with Crippen molar-refractivity contribution in [2.45, 2.75) is 50.8 Å². The lowest BCUT2D eigenvalue weighted by atomic mass is 9.86. The van der Waals surface area contributed by atoms with Crippen LogP contribution in [0, 0.1) is 5.92 Å². The Morgan fingerprint density at radius 2 is 2.10 bits per heavy atom. The maximum Gasteiger partial charge on any atom is 0.221 e. The van der Waals surface area contributed by atoms with E-state index >= 15 is 0 Å². The Hall–Kier alpha value is -0.670. The lowest BCUT2D eigenvalue weighted by Crippen LogP contribution is -2.41. The molecular formula is C17H24ClNOS. The summed E-state index contributed by atoms with van der Waals surface area (Å²) >= 11 is 7.88. The third kappa shape index (κ3) is 5.55. The topological polar surface area (TPSA) is 29.1 Å². The van der Waals surface area contributed by atoms with Crippen LogP contribution in [0.1, 0.15) is 44.6 Å². The van der Waals surface area contributed by atoms with Crippen molar-refractivity contribution >= 4 is 29.3 Å². The lowest BCUT2D eigenvalue weighted by molar-refractivity contribution is -0.121. The third-order valence-corrected chi connectivity index (χ3v) is 5.52. The van der Waals surface area contributed by atoms with Gasteiger partial charge in [0.15, 0.2) is 0 Å². The molecule has 0 radical (unpaired) electrons. The molecule has 21 heavy (non-hydrogen) atoms. The van der Waals surface area contributed by atoms with Gasteiger partial charge < -0.3 is 5.32 Å². The van der Waals surface area contributed by atoms with E-state index in [0.29, 0.717) is 18.4 Å². The number of carbonyl (C=O) groups is 1. The molecule has 1 N–H and O–H groups in total. The van der Waals surface area contributed by atoms with Gasteiger partial charge in [0.2, 0.25) is 5.91 Å². The fourth-order valence-corrected chi connectivity index (χ4v) is 4.00. The van der Waals surface area contributed by atoms with E-state index < -0.39 is 0 Å². The van der Waals surface area contributed by atoms with Gasteiger partial charge in [-0.3, -0.25) is 4.79 Å². The highest BCUT2D eigenvalue weighted by Gasteiger charge is 2.22. The van der Waals surface area contributed by atoms with E-state index in [1.54, 1.807) is 11.8 Å². The lowest BCUT2D eigenvalue weighted by Gasteiger charge is -2.29. The first kappa shape index (κ1) is 16.7. The maximum atomic E-state index is 12.0. The van der Waals surface area contributed by atoms with Crippen molar-refractivity contribution in [3.05, 3.63) is 34.9 Å². The number of benzene rings is 1. The van der Waals surface area contributed by atoms with Crippen LogP contribution in [0.15, 0.2) is 24.3 Å². The van der Waals surface area contributed by atoms with Crippen molar-refractivity contribution in [1.29, 1.82) is 0 Å². The van der Waals surface area contributed by atoms with Gasteiger partial charge in [-0.05, 0) is 30.4 Å². The van der Waals surface area contributed by atoms with E-state index in [1.807, 2.05) is 24.3 Å². The van der Waals surface area contributed by atoms with Crippen LogP contribution < -0.4 is 5.32 Å². The molecule has 0 saturated heterocycles. The van der Waals surface area contributed by atoms with Crippen molar-refractivity contribution in [3.63, 3.8) is 0 Å². The van der Waals surface area contributed by atoms with Gasteiger partial charge in [0.05, 0.1) is 0 Å². The molecule has 0 aliphatic heterocycles. The molecule has 4 heteroatoms. The average Bonchev–Trinajstić information content (AvgIpc) is 2.48. The Bertz CT molecular complexity index is 466. The van der Waals surface area contributed by atoms with E-state index in [4.69, 9.17) is 11.6 Å². The molecule has 1 aliphatic carbocycles. The Morgan fingerprint density at radius 3 is 2.86 bits per heavy atom. The highest BCUT2D eigenvalue weighted by atomic mass is 35.5. The van der Waals surface area contributed by atoms with Crippen LogP contribution in [0.25, 0.3) is 0 Å². The van der Waals surface area contributed by atoms with Gasteiger partial charge in [0.1, 0.15) is 0 Å². The SMILES string of the molecule is C[C@H]1CCCC[C@@H]1NC(=O)CCSCc1ccccc1Cl. The summed E-state index contributed by atoms with van der Waals surface area (Å²) in [6.07, 6.45) is 5.53. The summed E-state index contributed by atoms with van der Waals surface area (Å²) in [6.45, 7) is 2.25. The number of carbonyl (C=O) groups excluding carboxylic acids is 1. The summed E-state index contributed by atoms with van der Waals surface area (Å²) in [4.78, 5) is 12.0. The van der Waals surface area contributed by atoms with Crippen LogP contribution in [0.4, 0.5) is 0 Å². The summed E-state index contributed by atoms with van der Waals surface area (Å²) < 4.78 is 0. The number of amides is 1. The fraction of sp³-hybridized carbons (Fsp3) is 0.588. The van der Waals surface area contributed by atoms with Crippen LogP contribution in [-0.2, 0) is 10.5 Å². The smallest absolute Gasteiger partial charge is 0.221 e. The maximum absolute atomic E-state index is 12.0. The quantitative estimate of drug-likeness (QED) is 0.771. The molecule has 2 nitrogen and oxygen atoms in total. The molecule has 2 atom stereocenters. The molecule has 0 heterocycles. The monoisotopic (exact) mass is 325 g/mol. The molecule has 0 aromatic heterocycles. The zero-order valence-corrected chi connectivity index (χ0v) is 14.2. The average molecular weight is 326 g/mol. The molecule has 2 rings (SSSR count). The largest absolute Gasteiger partial charge is 0.353 e. The van der Waals surface area contributed by atoms with Gasteiger partial charge >= 0.3 is 0 Å². The van der Waals surface area contributed by atoms with Crippen LogP contribution in [-0.4, -0.2) is 17.7 Å². The van der Waals surface area contributed by atoms with Crippen LogP contribution in [0.2, 0.25) is 5.02 Å². The normalized spacial score (nSPS) is 22.0. The fourth-order valence-electron chi connectivity index (χ4n) is 2.77. The first-order valence-corrected chi connectivity index (χ1v) is 9.30. The number of rotatable bonds is 6. The molecule has 116 valence electrons. The molecule has 1 aliphatic rings. The minimum absolute atomic E-state index is 0.195. The van der Waals surface area contributed by atoms with Crippen molar-refractivity contribution < 1.29 is 4.79 Å². The first-order chi connectivity index (χ1) is 10.2. The van der Waals surface area contributed by atoms with E-state index in [9.17, 15) is 4.79 Å². The molecule has 0 spiro atoms. The number of nitrogens with one attached hydrogen (secondary N) is 1. The molecule has 1 saturated carbocycles. The number of hydrogen-bond donors (Lipinski definition) is 1. The number of halogens is 1. The summed E-state index contributed by atoms with van der Waals surface area (Å²) in [5, 5.41) is 4.01. The zero-order chi connectivity index (χ0) is 15.1.